The van der Waals surface area contributed by atoms with Crippen molar-refractivity contribution in [3.8, 4) is 50.6 Å². The maximum absolute atomic E-state index is 6.43. The van der Waals surface area contributed by atoms with Gasteiger partial charge in [-0.3, -0.25) is 0 Å². The highest BCUT2D eigenvalue weighted by atomic mass is 16.5. The molecular formula is C44H27NO. The van der Waals surface area contributed by atoms with Crippen molar-refractivity contribution >= 4 is 43.4 Å². The Labute approximate surface area is 266 Å². The number of hydrogen-bond acceptors (Lipinski definition) is 1. The van der Waals surface area contributed by atoms with Crippen LogP contribution in [0.5, 0.6) is 11.5 Å². The molecule has 0 bridgehead atoms. The van der Waals surface area contributed by atoms with Crippen LogP contribution in [0.1, 0.15) is 0 Å². The van der Waals surface area contributed by atoms with E-state index in [1.807, 2.05) is 0 Å². The van der Waals surface area contributed by atoms with Crippen molar-refractivity contribution in [1.82, 2.24) is 4.57 Å². The molecule has 1 aromatic heterocycles. The lowest BCUT2D eigenvalue weighted by Gasteiger charge is -2.22. The molecule has 1 aliphatic heterocycles. The van der Waals surface area contributed by atoms with Crippen molar-refractivity contribution in [2.45, 2.75) is 0 Å². The van der Waals surface area contributed by atoms with E-state index in [0.29, 0.717) is 0 Å². The first kappa shape index (κ1) is 25.2. The van der Waals surface area contributed by atoms with E-state index in [2.05, 4.69) is 168 Å². The van der Waals surface area contributed by atoms with E-state index in [0.717, 1.165) is 28.3 Å². The van der Waals surface area contributed by atoms with Crippen LogP contribution in [0, 0.1) is 0 Å². The molecule has 1 aliphatic rings. The van der Waals surface area contributed by atoms with Crippen molar-refractivity contribution in [3.63, 3.8) is 0 Å². The Morgan fingerprint density at radius 3 is 1.93 bits per heavy atom. The lowest BCUT2D eigenvalue weighted by molar-refractivity contribution is 0.487. The highest BCUT2D eigenvalue weighted by molar-refractivity contribution is 6.14. The van der Waals surface area contributed by atoms with E-state index in [1.165, 1.54) is 65.6 Å². The zero-order chi connectivity index (χ0) is 30.2. The van der Waals surface area contributed by atoms with E-state index in [1.54, 1.807) is 0 Å². The molecule has 46 heavy (non-hydrogen) atoms. The van der Waals surface area contributed by atoms with Gasteiger partial charge in [0.1, 0.15) is 11.5 Å². The van der Waals surface area contributed by atoms with Crippen molar-refractivity contribution in [1.29, 1.82) is 0 Å². The largest absolute Gasteiger partial charge is 0.456 e. The molecule has 0 aliphatic carbocycles. The van der Waals surface area contributed by atoms with Crippen LogP contribution in [0.15, 0.2) is 164 Å². The van der Waals surface area contributed by atoms with Gasteiger partial charge in [-0.2, -0.15) is 0 Å². The molecule has 0 saturated heterocycles. The van der Waals surface area contributed by atoms with Gasteiger partial charge < -0.3 is 9.30 Å². The van der Waals surface area contributed by atoms with E-state index in [4.69, 9.17) is 4.74 Å². The molecule has 9 aromatic rings. The molecular weight excluding hydrogens is 558 g/mol. The van der Waals surface area contributed by atoms with Gasteiger partial charge in [-0.15, -0.1) is 0 Å². The minimum absolute atomic E-state index is 0.894. The van der Waals surface area contributed by atoms with Crippen molar-refractivity contribution < 1.29 is 4.74 Å². The molecule has 0 fully saturated rings. The third kappa shape index (κ3) is 3.65. The summed E-state index contributed by atoms with van der Waals surface area (Å²) in [5, 5.41) is 7.39. The Bertz CT molecular complexity index is 2670. The first-order valence-corrected chi connectivity index (χ1v) is 15.8. The predicted octanol–water partition coefficient (Wildman–Crippen LogP) is 12.2. The van der Waals surface area contributed by atoms with Gasteiger partial charge in [0.25, 0.3) is 0 Å². The quantitative estimate of drug-likeness (QED) is 0.201. The maximum atomic E-state index is 6.43. The fraction of sp³-hybridized carbons (Fsp3) is 0. The molecule has 8 aromatic carbocycles. The van der Waals surface area contributed by atoms with E-state index in [-0.39, 0.29) is 0 Å². The second-order valence-corrected chi connectivity index (χ2v) is 12.1. The number of benzene rings is 8. The summed E-state index contributed by atoms with van der Waals surface area (Å²) in [5.41, 5.74) is 10.7. The van der Waals surface area contributed by atoms with Crippen molar-refractivity contribution in [3.05, 3.63) is 164 Å². The van der Waals surface area contributed by atoms with Gasteiger partial charge >= 0.3 is 0 Å². The number of para-hydroxylation sites is 2. The summed E-state index contributed by atoms with van der Waals surface area (Å²) in [6.07, 6.45) is 0. The molecule has 0 spiro atoms. The van der Waals surface area contributed by atoms with Gasteiger partial charge in [0, 0.05) is 27.3 Å². The van der Waals surface area contributed by atoms with Gasteiger partial charge in [0.15, 0.2) is 0 Å². The van der Waals surface area contributed by atoms with E-state index < -0.39 is 0 Å². The van der Waals surface area contributed by atoms with Crippen LogP contribution in [0.25, 0.3) is 82.4 Å². The molecule has 0 unspecified atom stereocenters. The Balaban J connectivity index is 1.20. The minimum atomic E-state index is 0.894. The number of ether oxygens (including phenoxy) is 1. The average molecular weight is 586 g/mol. The number of fused-ring (bicyclic) bond motifs is 6. The van der Waals surface area contributed by atoms with Gasteiger partial charge in [-0.05, 0) is 80.9 Å². The summed E-state index contributed by atoms with van der Waals surface area (Å²) in [7, 11) is 0. The fourth-order valence-corrected chi connectivity index (χ4v) is 7.51. The summed E-state index contributed by atoms with van der Waals surface area (Å²) < 4.78 is 8.88. The molecule has 0 radical (unpaired) electrons. The lowest BCUT2D eigenvalue weighted by atomic mass is 9.89. The first-order chi connectivity index (χ1) is 22.8. The second-order valence-electron chi connectivity index (χ2n) is 12.1. The second kappa shape index (κ2) is 9.69. The standard InChI is InChI=1S/C44H27NO/c1-2-12-30-27-41-37(25-29(30)11-1)35-18-6-8-21-40(35)45(41)39-20-7-5-17-34(39)33-16-4-3-15-32(33)31-23-24-42-38(26-31)36-19-9-13-28-14-10-22-43(46-42)44(28)36/h1-27H. The zero-order valence-corrected chi connectivity index (χ0v) is 24.9. The summed E-state index contributed by atoms with van der Waals surface area (Å²) in [6, 6.07) is 59.1. The smallest absolute Gasteiger partial charge is 0.135 e. The van der Waals surface area contributed by atoms with Gasteiger partial charge in [-0.25, -0.2) is 0 Å². The van der Waals surface area contributed by atoms with Crippen LogP contribution in [-0.4, -0.2) is 4.57 Å². The van der Waals surface area contributed by atoms with Crippen molar-refractivity contribution in [2.75, 3.05) is 0 Å². The van der Waals surface area contributed by atoms with Gasteiger partial charge in [-0.1, -0.05) is 121 Å². The van der Waals surface area contributed by atoms with Crippen LogP contribution in [0.3, 0.4) is 0 Å². The van der Waals surface area contributed by atoms with Gasteiger partial charge in [0.2, 0.25) is 0 Å². The normalized spacial score (nSPS) is 12.1. The number of aromatic nitrogens is 1. The summed E-state index contributed by atoms with van der Waals surface area (Å²) in [5.74, 6) is 1.81. The fourth-order valence-electron chi connectivity index (χ4n) is 7.51. The van der Waals surface area contributed by atoms with Crippen LogP contribution < -0.4 is 4.74 Å². The lowest BCUT2D eigenvalue weighted by Crippen LogP contribution is -1.99. The molecule has 10 rings (SSSR count). The first-order valence-electron chi connectivity index (χ1n) is 15.8. The average Bonchev–Trinajstić information content (AvgIpc) is 3.43. The molecule has 0 atom stereocenters. The minimum Gasteiger partial charge on any atom is -0.456 e. The van der Waals surface area contributed by atoms with E-state index in [9.17, 15) is 0 Å². The molecule has 214 valence electrons. The Kier molecular flexibility index (Phi) is 5.31. The third-order valence-corrected chi connectivity index (χ3v) is 9.57. The topological polar surface area (TPSA) is 14.2 Å². The number of nitrogens with zero attached hydrogens (tertiary/aromatic N) is 1. The molecule has 2 heterocycles. The molecule has 0 N–H and O–H groups in total. The van der Waals surface area contributed by atoms with Crippen molar-refractivity contribution in [2.24, 2.45) is 0 Å². The van der Waals surface area contributed by atoms with Crippen LogP contribution in [0.2, 0.25) is 0 Å². The van der Waals surface area contributed by atoms with E-state index >= 15 is 0 Å². The monoisotopic (exact) mass is 585 g/mol. The highest BCUT2D eigenvalue weighted by Crippen LogP contribution is 2.48. The summed E-state index contributed by atoms with van der Waals surface area (Å²) in [6.45, 7) is 0. The maximum Gasteiger partial charge on any atom is 0.135 e. The number of rotatable bonds is 3. The molecule has 2 heteroatoms. The number of hydrogen-bond donors (Lipinski definition) is 0. The zero-order valence-electron chi connectivity index (χ0n) is 24.9. The van der Waals surface area contributed by atoms with Gasteiger partial charge in [0.05, 0.1) is 16.7 Å². The third-order valence-electron chi connectivity index (χ3n) is 9.57. The van der Waals surface area contributed by atoms with Crippen LogP contribution in [-0.2, 0) is 0 Å². The Hall–Kier alpha value is -6.12. The molecule has 2 nitrogen and oxygen atoms in total. The van der Waals surface area contributed by atoms with Crippen LogP contribution >= 0.6 is 0 Å². The Morgan fingerprint density at radius 1 is 0.370 bits per heavy atom. The Morgan fingerprint density at radius 2 is 1.04 bits per heavy atom. The highest BCUT2D eigenvalue weighted by Gasteiger charge is 2.22. The molecule has 0 saturated carbocycles. The SMILES string of the molecule is c1ccc(-c2ccccc2-n2c3ccccc3c3cc4ccccc4cc32)c(-c2ccc3c(c2)-c2cccc4cccc(c24)O3)c1. The summed E-state index contributed by atoms with van der Waals surface area (Å²) in [4.78, 5) is 0. The van der Waals surface area contributed by atoms with Crippen LogP contribution in [0.4, 0.5) is 0 Å². The predicted molar refractivity (Wildman–Crippen MR) is 192 cm³/mol. The molecule has 0 amide bonds. The summed E-state index contributed by atoms with van der Waals surface area (Å²) >= 11 is 0.